The number of ether oxygens (including phenoxy) is 3. The monoisotopic (exact) mass is 448 g/mol. The molecule has 0 radical (unpaired) electrons. The highest BCUT2D eigenvalue weighted by Gasteiger charge is 2.20. The van der Waals surface area contributed by atoms with Crippen molar-refractivity contribution >= 4 is 11.9 Å². The first-order chi connectivity index (χ1) is 15.3. The van der Waals surface area contributed by atoms with E-state index in [1.165, 1.54) is 11.0 Å². The van der Waals surface area contributed by atoms with Gasteiger partial charge < -0.3 is 29.7 Å². The standard InChI is InChI=1S/C22H26F2N4O4/c1-14(15-7-5-4-6-8-15)27-22(26-12-20(29)28(2)3)25-11-16-9-18-19(31-13-30-18)10-17(16)32-21(23)24/h4-10,14,21H,11-13H2,1-3H3,(H2,25,26,27). The molecule has 0 spiro atoms. The summed E-state index contributed by atoms with van der Waals surface area (Å²) >= 11 is 0. The van der Waals surface area contributed by atoms with Crippen LogP contribution in [0.2, 0.25) is 0 Å². The van der Waals surface area contributed by atoms with E-state index < -0.39 is 6.61 Å². The summed E-state index contributed by atoms with van der Waals surface area (Å²) in [6, 6.07) is 12.5. The van der Waals surface area contributed by atoms with E-state index in [2.05, 4.69) is 20.4 Å². The summed E-state index contributed by atoms with van der Waals surface area (Å²) in [5.41, 5.74) is 1.41. The molecular weight excluding hydrogens is 422 g/mol. The fraction of sp³-hybridized carbons (Fsp3) is 0.364. The SMILES string of the molecule is CC(NC(=NCc1cc2c(cc1OC(F)F)OCO2)NCC(=O)N(C)C)c1ccccc1. The maximum absolute atomic E-state index is 12.9. The number of fused-ring (bicyclic) bond motifs is 1. The number of amides is 1. The third-order valence-electron chi connectivity index (χ3n) is 4.74. The molecule has 1 aliphatic heterocycles. The molecule has 0 bridgehead atoms. The first kappa shape index (κ1) is 23.1. The van der Waals surface area contributed by atoms with Crippen LogP contribution in [0.25, 0.3) is 0 Å². The van der Waals surface area contributed by atoms with Gasteiger partial charge in [0.25, 0.3) is 0 Å². The van der Waals surface area contributed by atoms with Gasteiger partial charge in [0.15, 0.2) is 17.5 Å². The number of aliphatic imine (C=N–C) groups is 1. The molecule has 2 aromatic carbocycles. The van der Waals surface area contributed by atoms with Crippen molar-refractivity contribution in [3.8, 4) is 17.2 Å². The molecule has 0 aliphatic carbocycles. The molecule has 1 atom stereocenters. The minimum absolute atomic E-state index is 0.00565. The number of nitrogens with zero attached hydrogens (tertiary/aromatic N) is 2. The Bertz CT molecular complexity index is 954. The van der Waals surface area contributed by atoms with E-state index >= 15 is 0 Å². The lowest BCUT2D eigenvalue weighted by atomic mass is 10.1. The van der Waals surface area contributed by atoms with E-state index in [9.17, 15) is 13.6 Å². The second-order valence-electron chi connectivity index (χ2n) is 7.27. The summed E-state index contributed by atoms with van der Waals surface area (Å²) in [5.74, 6) is 0.917. The van der Waals surface area contributed by atoms with Crippen molar-refractivity contribution in [2.75, 3.05) is 27.4 Å². The van der Waals surface area contributed by atoms with Gasteiger partial charge in [-0.3, -0.25) is 4.79 Å². The summed E-state index contributed by atoms with van der Waals surface area (Å²) in [7, 11) is 3.31. The van der Waals surface area contributed by atoms with E-state index in [4.69, 9.17) is 9.47 Å². The molecule has 2 aromatic rings. The van der Waals surface area contributed by atoms with Crippen molar-refractivity contribution in [2.24, 2.45) is 4.99 Å². The molecule has 3 rings (SSSR count). The van der Waals surface area contributed by atoms with Gasteiger partial charge in [-0.15, -0.1) is 0 Å². The molecule has 0 aromatic heterocycles. The number of alkyl halides is 2. The molecule has 1 amide bonds. The first-order valence-electron chi connectivity index (χ1n) is 10.0. The van der Waals surface area contributed by atoms with Crippen molar-refractivity contribution in [2.45, 2.75) is 26.1 Å². The summed E-state index contributed by atoms with van der Waals surface area (Å²) in [4.78, 5) is 18.0. The van der Waals surface area contributed by atoms with Crippen LogP contribution in [0.1, 0.15) is 24.1 Å². The topological polar surface area (TPSA) is 84.4 Å². The van der Waals surface area contributed by atoms with Crippen LogP contribution in [0.15, 0.2) is 47.5 Å². The number of benzene rings is 2. The normalized spacial score (nSPS) is 13.6. The molecule has 1 aliphatic rings. The lowest BCUT2D eigenvalue weighted by Gasteiger charge is -2.20. The Balaban J connectivity index is 1.82. The number of guanidine groups is 1. The average Bonchev–Trinajstić information content (AvgIpc) is 3.22. The van der Waals surface area contributed by atoms with Crippen molar-refractivity contribution in [1.82, 2.24) is 15.5 Å². The number of rotatable bonds is 8. The van der Waals surface area contributed by atoms with E-state index in [1.807, 2.05) is 37.3 Å². The van der Waals surface area contributed by atoms with Crippen molar-refractivity contribution in [3.05, 3.63) is 53.6 Å². The van der Waals surface area contributed by atoms with Gasteiger partial charge in [-0.2, -0.15) is 8.78 Å². The van der Waals surface area contributed by atoms with Crippen LogP contribution in [0.3, 0.4) is 0 Å². The second-order valence-corrected chi connectivity index (χ2v) is 7.27. The Kier molecular flexibility index (Phi) is 7.69. The van der Waals surface area contributed by atoms with Gasteiger partial charge in [-0.25, -0.2) is 4.99 Å². The molecule has 0 saturated carbocycles. The van der Waals surface area contributed by atoms with Crippen LogP contribution in [-0.4, -0.2) is 50.8 Å². The lowest BCUT2D eigenvalue weighted by molar-refractivity contribution is -0.127. The quantitative estimate of drug-likeness (QED) is 0.477. The van der Waals surface area contributed by atoms with Gasteiger partial charge in [0.2, 0.25) is 12.7 Å². The molecule has 172 valence electrons. The van der Waals surface area contributed by atoms with Gasteiger partial charge in [0.1, 0.15) is 5.75 Å². The highest BCUT2D eigenvalue weighted by molar-refractivity contribution is 5.86. The summed E-state index contributed by atoms with van der Waals surface area (Å²) < 4.78 is 41.0. The molecule has 10 heteroatoms. The minimum Gasteiger partial charge on any atom is -0.454 e. The van der Waals surface area contributed by atoms with Gasteiger partial charge in [-0.05, 0) is 18.6 Å². The van der Waals surface area contributed by atoms with Gasteiger partial charge in [0, 0.05) is 25.7 Å². The third-order valence-corrected chi connectivity index (χ3v) is 4.74. The Morgan fingerprint density at radius 3 is 2.53 bits per heavy atom. The van der Waals surface area contributed by atoms with Crippen LogP contribution >= 0.6 is 0 Å². The average molecular weight is 448 g/mol. The summed E-state index contributed by atoms with van der Waals surface area (Å²) in [5, 5.41) is 6.22. The predicted molar refractivity (Wildman–Crippen MR) is 115 cm³/mol. The molecule has 0 saturated heterocycles. The van der Waals surface area contributed by atoms with E-state index in [-0.39, 0.29) is 37.6 Å². The van der Waals surface area contributed by atoms with E-state index in [0.29, 0.717) is 23.0 Å². The Morgan fingerprint density at radius 2 is 1.88 bits per heavy atom. The molecule has 8 nitrogen and oxygen atoms in total. The third kappa shape index (κ3) is 6.22. The van der Waals surface area contributed by atoms with E-state index in [0.717, 1.165) is 5.56 Å². The van der Waals surface area contributed by atoms with Gasteiger partial charge >= 0.3 is 6.61 Å². The van der Waals surface area contributed by atoms with Crippen molar-refractivity contribution < 1.29 is 27.8 Å². The zero-order valence-corrected chi connectivity index (χ0v) is 18.1. The second kappa shape index (κ2) is 10.7. The zero-order valence-electron chi connectivity index (χ0n) is 18.1. The predicted octanol–water partition coefficient (Wildman–Crippen LogP) is 2.90. The number of carbonyl (C=O) groups is 1. The number of halogens is 2. The van der Waals surface area contributed by atoms with Gasteiger partial charge in [-0.1, -0.05) is 30.3 Å². The highest BCUT2D eigenvalue weighted by atomic mass is 19.3. The molecule has 32 heavy (non-hydrogen) atoms. The van der Waals surface area contributed by atoms with Crippen LogP contribution in [-0.2, 0) is 11.3 Å². The molecular formula is C22H26F2N4O4. The maximum Gasteiger partial charge on any atom is 0.387 e. The highest BCUT2D eigenvalue weighted by Crippen LogP contribution is 2.39. The fourth-order valence-corrected chi connectivity index (χ4v) is 2.96. The Labute approximate surface area is 185 Å². The molecule has 0 fully saturated rings. The van der Waals surface area contributed by atoms with Crippen LogP contribution < -0.4 is 24.8 Å². The fourth-order valence-electron chi connectivity index (χ4n) is 2.96. The number of likely N-dealkylation sites (N-methyl/N-ethyl adjacent to an activating group) is 1. The number of carbonyl (C=O) groups excluding carboxylic acids is 1. The zero-order chi connectivity index (χ0) is 23.1. The molecule has 2 N–H and O–H groups in total. The van der Waals surface area contributed by atoms with Crippen molar-refractivity contribution in [1.29, 1.82) is 0 Å². The number of hydrogen-bond acceptors (Lipinski definition) is 5. The van der Waals surface area contributed by atoms with Gasteiger partial charge in [0.05, 0.1) is 19.1 Å². The molecule has 1 unspecified atom stereocenters. The summed E-state index contributed by atoms with van der Waals surface area (Å²) in [6.45, 7) is -1.02. The van der Waals surface area contributed by atoms with E-state index in [1.54, 1.807) is 20.2 Å². The number of hydrogen-bond donors (Lipinski definition) is 2. The smallest absolute Gasteiger partial charge is 0.387 e. The van der Waals surface area contributed by atoms with Crippen molar-refractivity contribution in [3.63, 3.8) is 0 Å². The number of nitrogens with one attached hydrogen (secondary N) is 2. The van der Waals surface area contributed by atoms with Crippen LogP contribution in [0, 0.1) is 0 Å². The summed E-state index contributed by atoms with van der Waals surface area (Å²) in [6.07, 6.45) is 0. The van der Waals surface area contributed by atoms with Crippen LogP contribution in [0.4, 0.5) is 8.78 Å². The molecule has 1 heterocycles. The lowest BCUT2D eigenvalue weighted by Crippen LogP contribution is -2.43. The Hall–Kier alpha value is -3.56. The maximum atomic E-state index is 12.9. The van der Waals surface area contributed by atoms with Crippen LogP contribution in [0.5, 0.6) is 17.2 Å². The Morgan fingerprint density at radius 1 is 1.19 bits per heavy atom. The minimum atomic E-state index is -3.00. The largest absolute Gasteiger partial charge is 0.454 e. The first-order valence-corrected chi connectivity index (χ1v) is 10.0.